The number of nitrogen functional groups attached to an aromatic ring is 1. The van der Waals surface area contributed by atoms with E-state index in [1.807, 2.05) is 6.07 Å². The first-order valence-electron chi connectivity index (χ1n) is 7.58. The number of anilines is 2. The summed E-state index contributed by atoms with van der Waals surface area (Å²) in [7, 11) is 0. The van der Waals surface area contributed by atoms with E-state index in [1.165, 1.54) is 11.0 Å². The van der Waals surface area contributed by atoms with Gasteiger partial charge in [0.05, 0.1) is 28.8 Å². The van der Waals surface area contributed by atoms with Crippen molar-refractivity contribution >= 4 is 46.5 Å². The van der Waals surface area contributed by atoms with Gasteiger partial charge in [0.15, 0.2) is 6.61 Å². The molecule has 0 radical (unpaired) electrons. The standard InChI is InChI=1S/C18H15Cl2N3O3/c19-12-4-1-5-13(10-12)23(9-3-8-21)16(24)11-26-18(25)14-6-2-7-15(20)17(14)22/h1-2,4-7,10H,3,9,11,22H2. The fourth-order valence-corrected chi connectivity index (χ4v) is 2.56. The molecule has 0 aliphatic heterocycles. The summed E-state index contributed by atoms with van der Waals surface area (Å²) in [5, 5.41) is 9.46. The molecule has 8 heteroatoms. The highest BCUT2D eigenvalue weighted by Gasteiger charge is 2.20. The Bertz CT molecular complexity index is 865. The third kappa shape index (κ3) is 4.88. The second-order valence-corrected chi connectivity index (χ2v) is 6.05. The van der Waals surface area contributed by atoms with Crippen LogP contribution >= 0.6 is 23.2 Å². The summed E-state index contributed by atoms with van der Waals surface area (Å²) in [6.07, 6.45) is 0.118. The molecule has 2 aromatic carbocycles. The van der Waals surface area contributed by atoms with E-state index in [2.05, 4.69) is 0 Å². The number of amides is 1. The van der Waals surface area contributed by atoms with Crippen LogP contribution in [-0.2, 0) is 9.53 Å². The maximum Gasteiger partial charge on any atom is 0.340 e. The van der Waals surface area contributed by atoms with Crippen LogP contribution in [0.4, 0.5) is 11.4 Å². The van der Waals surface area contributed by atoms with Gasteiger partial charge in [-0.05, 0) is 30.3 Å². The number of esters is 1. The average molecular weight is 392 g/mol. The molecule has 2 rings (SSSR count). The Kier molecular flexibility index (Phi) is 6.84. The molecule has 0 aliphatic rings. The first-order valence-corrected chi connectivity index (χ1v) is 8.33. The van der Waals surface area contributed by atoms with Crippen LogP contribution in [0.1, 0.15) is 16.8 Å². The molecule has 2 aromatic rings. The molecule has 0 unspecified atom stereocenters. The number of nitriles is 1. The third-order valence-corrected chi connectivity index (χ3v) is 4.03. The minimum Gasteiger partial charge on any atom is -0.452 e. The van der Waals surface area contributed by atoms with Gasteiger partial charge in [0.1, 0.15) is 0 Å². The molecule has 0 saturated carbocycles. The van der Waals surface area contributed by atoms with Crippen molar-refractivity contribution in [3.63, 3.8) is 0 Å². The molecule has 0 spiro atoms. The zero-order chi connectivity index (χ0) is 19.1. The normalized spacial score (nSPS) is 10.0. The van der Waals surface area contributed by atoms with Crippen molar-refractivity contribution in [2.24, 2.45) is 0 Å². The van der Waals surface area contributed by atoms with Crippen molar-refractivity contribution < 1.29 is 14.3 Å². The van der Waals surface area contributed by atoms with E-state index < -0.39 is 18.5 Å². The number of nitrogens with two attached hydrogens (primary N) is 1. The smallest absolute Gasteiger partial charge is 0.340 e. The molecule has 0 aliphatic carbocycles. The molecule has 1 amide bonds. The van der Waals surface area contributed by atoms with Gasteiger partial charge in [0, 0.05) is 17.3 Å². The largest absolute Gasteiger partial charge is 0.452 e. The number of ether oxygens (including phenoxy) is 1. The lowest BCUT2D eigenvalue weighted by molar-refractivity contribution is -0.121. The molecular formula is C18H15Cl2N3O3. The van der Waals surface area contributed by atoms with Crippen LogP contribution in [0.5, 0.6) is 0 Å². The van der Waals surface area contributed by atoms with Gasteiger partial charge < -0.3 is 15.4 Å². The zero-order valence-electron chi connectivity index (χ0n) is 13.6. The molecule has 134 valence electrons. The highest BCUT2D eigenvalue weighted by Crippen LogP contribution is 2.23. The molecule has 2 N–H and O–H groups in total. The fraction of sp³-hybridized carbons (Fsp3) is 0.167. The van der Waals surface area contributed by atoms with E-state index in [0.717, 1.165) is 0 Å². The third-order valence-electron chi connectivity index (χ3n) is 3.47. The quantitative estimate of drug-likeness (QED) is 0.598. The Hall–Kier alpha value is -2.75. The van der Waals surface area contributed by atoms with Crippen molar-refractivity contribution in [2.45, 2.75) is 6.42 Å². The summed E-state index contributed by atoms with van der Waals surface area (Å²) in [6, 6.07) is 13.2. The number of para-hydroxylation sites is 1. The Morgan fingerprint density at radius 3 is 2.62 bits per heavy atom. The molecule has 0 atom stereocenters. The van der Waals surface area contributed by atoms with E-state index in [9.17, 15) is 9.59 Å². The van der Waals surface area contributed by atoms with E-state index in [-0.39, 0.29) is 29.2 Å². The number of carbonyl (C=O) groups is 2. The van der Waals surface area contributed by atoms with E-state index >= 15 is 0 Å². The second-order valence-electron chi connectivity index (χ2n) is 5.21. The monoisotopic (exact) mass is 391 g/mol. The van der Waals surface area contributed by atoms with Crippen molar-refractivity contribution in [1.82, 2.24) is 0 Å². The van der Waals surface area contributed by atoms with Gasteiger partial charge in [-0.25, -0.2) is 4.79 Å². The Morgan fingerprint density at radius 1 is 1.19 bits per heavy atom. The van der Waals surface area contributed by atoms with Crippen molar-refractivity contribution in [1.29, 1.82) is 5.26 Å². The highest BCUT2D eigenvalue weighted by atomic mass is 35.5. The Morgan fingerprint density at radius 2 is 1.92 bits per heavy atom. The summed E-state index contributed by atoms with van der Waals surface area (Å²) in [6.45, 7) is -0.366. The van der Waals surface area contributed by atoms with E-state index in [0.29, 0.717) is 10.7 Å². The maximum atomic E-state index is 12.5. The van der Waals surface area contributed by atoms with Crippen LogP contribution in [0, 0.1) is 11.3 Å². The topological polar surface area (TPSA) is 96.4 Å². The van der Waals surface area contributed by atoms with Crippen LogP contribution in [0.15, 0.2) is 42.5 Å². The Balaban J connectivity index is 2.10. The molecule has 0 aromatic heterocycles. The molecule has 6 nitrogen and oxygen atoms in total. The van der Waals surface area contributed by atoms with Gasteiger partial charge in [-0.1, -0.05) is 35.3 Å². The average Bonchev–Trinajstić information content (AvgIpc) is 2.62. The molecule has 0 bridgehead atoms. The fourth-order valence-electron chi connectivity index (χ4n) is 2.20. The zero-order valence-corrected chi connectivity index (χ0v) is 15.1. The van der Waals surface area contributed by atoms with Crippen molar-refractivity contribution in [3.8, 4) is 6.07 Å². The van der Waals surface area contributed by atoms with Crippen LogP contribution in [0.25, 0.3) is 0 Å². The lowest BCUT2D eigenvalue weighted by Gasteiger charge is -2.22. The summed E-state index contributed by atoms with van der Waals surface area (Å²) in [5.74, 6) is -1.25. The van der Waals surface area contributed by atoms with E-state index in [1.54, 1.807) is 36.4 Å². The summed E-state index contributed by atoms with van der Waals surface area (Å²) in [4.78, 5) is 26.0. The number of carbonyl (C=O) groups excluding carboxylic acids is 2. The molecule has 0 fully saturated rings. The molecular weight excluding hydrogens is 377 g/mol. The van der Waals surface area contributed by atoms with Gasteiger partial charge >= 0.3 is 5.97 Å². The minimum atomic E-state index is -0.760. The first kappa shape index (κ1) is 19.6. The lowest BCUT2D eigenvalue weighted by atomic mass is 10.2. The molecule has 0 saturated heterocycles. The molecule has 26 heavy (non-hydrogen) atoms. The number of halogens is 2. The van der Waals surface area contributed by atoms with Gasteiger partial charge in [-0.3, -0.25) is 4.79 Å². The number of hydrogen-bond acceptors (Lipinski definition) is 5. The molecule has 0 heterocycles. The maximum absolute atomic E-state index is 12.5. The predicted octanol–water partition coefficient (Wildman–Crippen LogP) is 3.68. The summed E-state index contributed by atoms with van der Waals surface area (Å²) >= 11 is 11.8. The van der Waals surface area contributed by atoms with E-state index in [4.69, 9.17) is 38.9 Å². The lowest BCUT2D eigenvalue weighted by Crippen LogP contribution is -2.35. The summed E-state index contributed by atoms with van der Waals surface area (Å²) < 4.78 is 5.05. The van der Waals surface area contributed by atoms with Crippen molar-refractivity contribution in [2.75, 3.05) is 23.8 Å². The van der Waals surface area contributed by atoms with Gasteiger partial charge in [-0.2, -0.15) is 5.26 Å². The second kappa shape index (κ2) is 9.09. The SMILES string of the molecule is N#CCCN(C(=O)COC(=O)c1cccc(Cl)c1N)c1cccc(Cl)c1. The van der Waals surface area contributed by atoms with Crippen LogP contribution in [0.2, 0.25) is 10.0 Å². The van der Waals surface area contributed by atoms with Gasteiger partial charge in [-0.15, -0.1) is 0 Å². The van der Waals surface area contributed by atoms with Gasteiger partial charge in [0.25, 0.3) is 5.91 Å². The number of rotatable bonds is 6. The van der Waals surface area contributed by atoms with Crippen LogP contribution in [0.3, 0.4) is 0 Å². The summed E-state index contributed by atoms with van der Waals surface area (Å²) in [5.41, 5.74) is 6.42. The van der Waals surface area contributed by atoms with Crippen molar-refractivity contribution in [3.05, 3.63) is 58.1 Å². The van der Waals surface area contributed by atoms with Gasteiger partial charge in [0.2, 0.25) is 0 Å². The Labute approximate surface area is 160 Å². The minimum absolute atomic E-state index is 0.0802. The number of nitrogens with zero attached hydrogens (tertiary/aromatic N) is 2. The number of hydrogen-bond donors (Lipinski definition) is 1. The predicted molar refractivity (Wildman–Crippen MR) is 100 cm³/mol. The highest BCUT2D eigenvalue weighted by molar-refractivity contribution is 6.33. The first-order chi connectivity index (χ1) is 12.4. The van der Waals surface area contributed by atoms with Crippen LogP contribution < -0.4 is 10.6 Å². The number of benzene rings is 2. The van der Waals surface area contributed by atoms with Crippen LogP contribution in [-0.4, -0.2) is 25.0 Å².